The van der Waals surface area contributed by atoms with Gasteiger partial charge >= 0.3 is 6.09 Å². The highest BCUT2D eigenvalue weighted by Crippen LogP contribution is 2.29. The van der Waals surface area contributed by atoms with Crippen LogP contribution in [0.25, 0.3) is 0 Å². The number of rotatable bonds is 4. The molecule has 2 rings (SSSR count). The molecule has 2 aliphatic rings. The molecule has 11 nitrogen and oxygen atoms in total. The third-order valence-corrected chi connectivity index (χ3v) is 6.95. The van der Waals surface area contributed by atoms with Crippen molar-refractivity contribution in [3.05, 3.63) is 58.6 Å². The van der Waals surface area contributed by atoms with Crippen LogP contribution in [0.3, 0.4) is 0 Å². The predicted octanol–water partition coefficient (Wildman–Crippen LogP) is 2.41. The van der Waals surface area contributed by atoms with Gasteiger partial charge < -0.3 is 35.1 Å². The van der Waals surface area contributed by atoms with Crippen LogP contribution < -0.4 is 11.1 Å². The molecule has 11 heteroatoms. The monoisotopic (exact) mass is 560 g/mol. The number of aliphatic hydroxyl groups excluding tert-OH is 1. The summed E-state index contributed by atoms with van der Waals surface area (Å²) in [6.07, 6.45) is 3.61. The molecule has 0 spiro atoms. The topological polar surface area (TPSA) is 163 Å². The highest BCUT2D eigenvalue weighted by molar-refractivity contribution is 6.23. The van der Waals surface area contributed by atoms with Gasteiger partial charge in [0.2, 0.25) is 11.6 Å². The number of methoxy groups -OCH3 is 3. The Morgan fingerprint density at radius 3 is 2.35 bits per heavy atom. The highest BCUT2D eigenvalue weighted by atomic mass is 16.6. The molecular weight excluding hydrogens is 520 g/mol. The second-order valence-corrected chi connectivity index (χ2v) is 10.1. The molecule has 1 heterocycles. The molecule has 220 valence electrons. The highest BCUT2D eigenvalue weighted by Gasteiger charge is 2.34. The molecule has 6 atom stereocenters. The van der Waals surface area contributed by atoms with Crippen molar-refractivity contribution in [3.63, 3.8) is 0 Å². The number of ether oxygens (including phenoxy) is 4. The summed E-state index contributed by atoms with van der Waals surface area (Å²) >= 11 is 0. The van der Waals surface area contributed by atoms with Crippen LogP contribution in [-0.2, 0) is 33.3 Å². The van der Waals surface area contributed by atoms with Crippen molar-refractivity contribution < 1.29 is 43.2 Å². The van der Waals surface area contributed by atoms with E-state index in [9.17, 15) is 24.3 Å². The molecule has 1 aliphatic carbocycles. The zero-order valence-corrected chi connectivity index (χ0v) is 24.1. The maximum absolute atomic E-state index is 13.3. The fourth-order valence-corrected chi connectivity index (χ4v) is 4.78. The number of nitrogens with one attached hydrogen (secondary N) is 1. The molecule has 0 unspecified atom stereocenters. The third kappa shape index (κ3) is 8.23. The minimum atomic E-state index is -1.00. The van der Waals surface area contributed by atoms with Gasteiger partial charge in [0.25, 0.3) is 5.91 Å². The molecule has 0 saturated carbocycles. The molecule has 0 radical (unpaired) electrons. The van der Waals surface area contributed by atoms with Crippen molar-refractivity contribution in [2.75, 3.05) is 21.3 Å². The largest absolute Gasteiger partial charge is 0.492 e. The molecule has 0 aromatic heterocycles. The van der Waals surface area contributed by atoms with Crippen LogP contribution in [0.4, 0.5) is 4.79 Å². The van der Waals surface area contributed by atoms with Gasteiger partial charge in [-0.1, -0.05) is 38.2 Å². The third-order valence-electron chi connectivity index (χ3n) is 6.95. The number of Topliss-reactive ketones (excluding diaryl/α,β-unsaturated/α-hetero) is 1. The van der Waals surface area contributed by atoms with Crippen LogP contribution in [0.5, 0.6) is 0 Å². The fraction of sp³-hybridized carbons (Fsp3) is 0.517. The lowest BCUT2D eigenvalue weighted by atomic mass is 9.85. The normalized spacial score (nSPS) is 29.3. The lowest BCUT2D eigenvalue weighted by Crippen LogP contribution is -2.37. The number of allylic oxidation sites excluding steroid dienone is 4. The molecular formula is C29H40N2O9. The Morgan fingerprint density at radius 2 is 1.77 bits per heavy atom. The molecule has 2 amide bonds. The Hall–Kier alpha value is -3.54. The van der Waals surface area contributed by atoms with E-state index in [0.717, 1.165) is 6.08 Å². The summed E-state index contributed by atoms with van der Waals surface area (Å²) in [6, 6.07) is 0. The van der Waals surface area contributed by atoms with Crippen LogP contribution in [0.1, 0.15) is 40.5 Å². The summed E-state index contributed by atoms with van der Waals surface area (Å²) in [5.41, 5.74) is 6.12. The number of fused-ring (bicyclic) bond motifs is 2. The van der Waals surface area contributed by atoms with E-state index in [1.807, 2.05) is 6.92 Å². The number of hydrogen-bond donors (Lipinski definition) is 3. The van der Waals surface area contributed by atoms with Gasteiger partial charge in [0, 0.05) is 37.4 Å². The first-order valence-corrected chi connectivity index (χ1v) is 13.0. The molecule has 40 heavy (non-hydrogen) atoms. The van der Waals surface area contributed by atoms with Crippen molar-refractivity contribution >= 4 is 23.6 Å². The lowest BCUT2D eigenvalue weighted by Gasteiger charge is -2.29. The van der Waals surface area contributed by atoms with E-state index < -0.39 is 53.9 Å². The summed E-state index contributed by atoms with van der Waals surface area (Å²) < 4.78 is 21.7. The van der Waals surface area contributed by atoms with E-state index in [4.69, 9.17) is 24.7 Å². The average molecular weight is 561 g/mol. The van der Waals surface area contributed by atoms with Crippen LogP contribution in [0.2, 0.25) is 0 Å². The number of amides is 2. The Bertz CT molecular complexity index is 1150. The van der Waals surface area contributed by atoms with Crippen LogP contribution >= 0.6 is 0 Å². The van der Waals surface area contributed by atoms with E-state index >= 15 is 0 Å². The van der Waals surface area contributed by atoms with Gasteiger partial charge in [0.1, 0.15) is 6.10 Å². The Labute approximate surface area is 234 Å². The smallest absolute Gasteiger partial charge is 0.405 e. The summed E-state index contributed by atoms with van der Waals surface area (Å²) in [4.78, 5) is 50.6. The molecule has 4 N–H and O–H groups in total. The minimum Gasteiger partial charge on any atom is -0.492 e. The number of ketones is 2. The van der Waals surface area contributed by atoms with Gasteiger partial charge in [-0.05, 0) is 38.2 Å². The van der Waals surface area contributed by atoms with Gasteiger partial charge in [-0.2, -0.15) is 0 Å². The van der Waals surface area contributed by atoms with Crippen LogP contribution in [0, 0.1) is 11.8 Å². The lowest BCUT2D eigenvalue weighted by molar-refractivity contribution is -0.120. The van der Waals surface area contributed by atoms with Gasteiger partial charge in [-0.25, -0.2) is 4.79 Å². The maximum atomic E-state index is 13.3. The SMILES string of the molecule is COC1=C2C[C@@H](C)C[C@H](OC)[C@@H](O)[C@@H](C)C=C(C)[C@H](OC(N)=O)[C@@H](OC)C=CC=C(C)C(=O)NC(=CC1=O)C2=O. The van der Waals surface area contributed by atoms with Gasteiger partial charge in [-0.3, -0.25) is 14.4 Å². The Morgan fingerprint density at radius 1 is 1.10 bits per heavy atom. The maximum Gasteiger partial charge on any atom is 0.405 e. The van der Waals surface area contributed by atoms with E-state index in [0.29, 0.717) is 12.0 Å². The van der Waals surface area contributed by atoms with Crippen LogP contribution in [0.15, 0.2) is 58.6 Å². The van der Waals surface area contributed by atoms with Gasteiger partial charge in [-0.15, -0.1) is 0 Å². The second-order valence-electron chi connectivity index (χ2n) is 10.1. The summed E-state index contributed by atoms with van der Waals surface area (Å²) in [7, 11) is 4.21. The van der Waals surface area contributed by atoms with Crippen molar-refractivity contribution in [1.82, 2.24) is 5.32 Å². The van der Waals surface area contributed by atoms with E-state index in [-0.39, 0.29) is 34.9 Å². The second kappa shape index (κ2) is 14.7. The van der Waals surface area contributed by atoms with Crippen molar-refractivity contribution in [1.29, 1.82) is 0 Å². The fourth-order valence-electron chi connectivity index (χ4n) is 4.78. The van der Waals surface area contributed by atoms with Crippen molar-refractivity contribution in [2.24, 2.45) is 17.6 Å². The number of hydrogen-bond acceptors (Lipinski definition) is 9. The first-order valence-electron chi connectivity index (χ1n) is 13.0. The van der Waals surface area contributed by atoms with E-state index in [1.165, 1.54) is 34.3 Å². The van der Waals surface area contributed by atoms with Gasteiger partial charge in [0.15, 0.2) is 11.9 Å². The van der Waals surface area contributed by atoms with Crippen molar-refractivity contribution in [2.45, 2.75) is 65.0 Å². The number of carbonyl (C=O) groups excluding carboxylic acids is 4. The number of aliphatic hydroxyl groups is 1. The predicted molar refractivity (Wildman–Crippen MR) is 147 cm³/mol. The average Bonchev–Trinajstić information content (AvgIpc) is 2.90. The quantitative estimate of drug-likeness (QED) is 0.346. The van der Waals surface area contributed by atoms with E-state index in [1.54, 1.807) is 32.1 Å². The summed E-state index contributed by atoms with van der Waals surface area (Å²) in [6.45, 7) is 6.92. The number of carbonyl (C=O) groups is 4. The zero-order chi connectivity index (χ0) is 30.1. The zero-order valence-electron chi connectivity index (χ0n) is 24.1. The van der Waals surface area contributed by atoms with Crippen LogP contribution in [-0.4, -0.2) is 74.4 Å². The molecule has 2 bridgehead atoms. The minimum absolute atomic E-state index is 0.0801. The molecule has 1 aliphatic heterocycles. The molecule has 0 aromatic rings. The molecule has 0 fully saturated rings. The number of primary amides is 1. The Balaban J connectivity index is 2.60. The summed E-state index contributed by atoms with van der Waals surface area (Å²) in [5.74, 6) is -2.39. The first kappa shape index (κ1) is 32.7. The first-order chi connectivity index (χ1) is 18.8. The van der Waals surface area contributed by atoms with E-state index in [2.05, 4.69) is 5.32 Å². The standard InChI is InChI=1S/C29H40N2O9/c1-15-11-19-25(34)20(14-21(32)27(19)39-7)31-28(35)16(2)9-8-10-22(37-5)26(40-29(30)36)18(4)13-17(3)24(33)23(12-15)38-6/h8-10,13-15,17,22-24,26,33H,11-12H2,1-7H3,(H2,30,36)(H,31,35)/t15-,17+,22+,23+,24+,26+/m1/s1. The van der Waals surface area contributed by atoms with Gasteiger partial charge in [0.05, 0.1) is 25.0 Å². The molecule has 0 saturated heterocycles. The Kier molecular flexibility index (Phi) is 12.0. The molecule has 0 aromatic carbocycles. The summed E-state index contributed by atoms with van der Waals surface area (Å²) in [5, 5.41) is 13.7. The number of nitrogens with two attached hydrogens (primary N) is 1. The van der Waals surface area contributed by atoms with Crippen molar-refractivity contribution in [3.8, 4) is 0 Å².